The van der Waals surface area contributed by atoms with Crippen molar-refractivity contribution in [1.82, 2.24) is 15.5 Å². The van der Waals surface area contributed by atoms with Crippen LogP contribution in [0.5, 0.6) is 0 Å². The van der Waals surface area contributed by atoms with Crippen LogP contribution in [0.2, 0.25) is 0 Å². The van der Waals surface area contributed by atoms with Crippen molar-refractivity contribution >= 4 is 17.9 Å². The SMILES string of the molecule is Nc1nnc(NC2CNC(=O)C2)o1. The minimum absolute atomic E-state index is 0.00681. The smallest absolute Gasteiger partial charge is 0.317 e. The van der Waals surface area contributed by atoms with Gasteiger partial charge in [0.1, 0.15) is 0 Å². The first-order valence-corrected chi connectivity index (χ1v) is 3.86. The fourth-order valence-corrected chi connectivity index (χ4v) is 1.17. The molecular weight excluding hydrogens is 174 g/mol. The lowest BCUT2D eigenvalue weighted by Gasteiger charge is -2.05. The molecule has 0 saturated carbocycles. The van der Waals surface area contributed by atoms with Crippen LogP contribution in [-0.4, -0.2) is 28.7 Å². The highest BCUT2D eigenvalue weighted by molar-refractivity contribution is 5.79. The Bertz CT molecular complexity index is 323. The van der Waals surface area contributed by atoms with Gasteiger partial charge in [-0.25, -0.2) is 0 Å². The van der Waals surface area contributed by atoms with Crippen molar-refractivity contribution < 1.29 is 9.21 Å². The zero-order chi connectivity index (χ0) is 9.26. The summed E-state index contributed by atoms with van der Waals surface area (Å²) in [7, 11) is 0. The fourth-order valence-electron chi connectivity index (χ4n) is 1.17. The minimum Gasteiger partial charge on any atom is -0.390 e. The van der Waals surface area contributed by atoms with Gasteiger partial charge in [-0.1, -0.05) is 10.2 Å². The number of nitrogen functional groups attached to an aromatic ring is 1. The molecule has 1 atom stereocenters. The van der Waals surface area contributed by atoms with Gasteiger partial charge in [0, 0.05) is 13.0 Å². The summed E-state index contributed by atoms with van der Waals surface area (Å²) in [5, 5.41) is 12.6. The summed E-state index contributed by atoms with van der Waals surface area (Å²) in [6.45, 7) is 0.571. The van der Waals surface area contributed by atoms with Crippen molar-refractivity contribution in [2.24, 2.45) is 0 Å². The zero-order valence-electron chi connectivity index (χ0n) is 6.78. The van der Waals surface area contributed by atoms with Gasteiger partial charge in [0.25, 0.3) is 0 Å². The second-order valence-corrected chi connectivity index (χ2v) is 2.79. The molecule has 0 aliphatic carbocycles. The van der Waals surface area contributed by atoms with Gasteiger partial charge >= 0.3 is 12.0 Å². The number of nitrogens with two attached hydrogens (primary N) is 1. The first-order chi connectivity index (χ1) is 6.24. The summed E-state index contributed by atoms with van der Waals surface area (Å²) in [5.74, 6) is 0.0185. The van der Waals surface area contributed by atoms with Crippen molar-refractivity contribution in [2.45, 2.75) is 12.5 Å². The van der Waals surface area contributed by atoms with E-state index >= 15 is 0 Å². The normalized spacial score (nSPS) is 21.5. The van der Waals surface area contributed by atoms with Crippen LogP contribution in [0.3, 0.4) is 0 Å². The van der Waals surface area contributed by atoms with E-state index in [2.05, 4.69) is 20.8 Å². The van der Waals surface area contributed by atoms with Crippen molar-refractivity contribution in [2.75, 3.05) is 17.6 Å². The van der Waals surface area contributed by atoms with E-state index in [-0.39, 0.29) is 24.0 Å². The second-order valence-electron chi connectivity index (χ2n) is 2.79. The third-order valence-electron chi connectivity index (χ3n) is 1.75. The van der Waals surface area contributed by atoms with Gasteiger partial charge < -0.3 is 20.8 Å². The van der Waals surface area contributed by atoms with E-state index in [1.165, 1.54) is 0 Å². The van der Waals surface area contributed by atoms with Gasteiger partial charge in [0.2, 0.25) is 5.91 Å². The molecule has 7 heteroatoms. The van der Waals surface area contributed by atoms with Crippen molar-refractivity contribution in [3.05, 3.63) is 0 Å². The number of nitrogens with zero attached hydrogens (tertiary/aromatic N) is 2. The average Bonchev–Trinajstić information content (AvgIpc) is 2.62. The number of nitrogens with one attached hydrogen (secondary N) is 2. The third-order valence-corrected chi connectivity index (χ3v) is 1.75. The molecule has 1 aliphatic rings. The lowest BCUT2D eigenvalue weighted by atomic mass is 10.3. The summed E-state index contributed by atoms with van der Waals surface area (Å²) in [5.41, 5.74) is 5.22. The molecule has 1 aromatic heterocycles. The highest BCUT2D eigenvalue weighted by Crippen LogP contribution is 2.10. The third kappa shape index (κ3) is 1.68. The molecule has 7 nitrogen and oxygen atoms in total. The Balaban J connectivity index is 1.95. The van der Waals surface area contributed by atoms with Crippen LogP contribution in [0.4, 0.5) is 12.0 Å². The van der Waals surface area contributed by atoms with Gasteiger partial charge in [-0.2, -0.15) is 0 Å². The maximum absolute atomic E-state index is 10.8. The van der Waals surface area contributed by atoms with Crippen molar-refractivity contribution in [3.8, 4) is 0 Å². The van der Waals surface area contributed by atoms with Crippen LogP contribution < -0.4 is 16.4 Å². The molecule has 13 heavy (non-hydrogen) atoms. The van der Waals surface area contributed by atoms with E-state index in [1.54, 1.807) is 0 Å². The Morgan fingerprint density at radius 1 is 1.62 bits per heavy atom. The van der Waals surface area contributed by atoms with Crippen LogP contribution in [0.25, 0.3) is 0 Å². The molecule has 0 bridgehead atoms. The van der Waals surface area contributed by atoms with Gasteiger partial charge in [-0.05, 0) is 0 Å². The van der Waals surface area contributed by atoms with Crippen LogP contribution in [0.15, 0.2) is 4.42 Å². The lowest BCUT2D eigenvalue weighted by molar-refractivity contribution is -0.119. The zero-order valence-corrected chi connectivity index (χ0v) is 6.78. The molecule has 0 radical (unpaired) electrons. The Labute approximate surface area is 73.7 Å². The van der Waals surface area contributed by atoms with Gasteiger partial charge in [-0.15, -0.1) is 0 Å². The summed E-state index contributed by atoms with van der Waals surface area (Å²) in [4.78, 5) is 10.8. The number of rotatable bonds is 2. The van der Waals surface area contributed by atoms with Crippen molar-refractivity contribution in [3.63, 3.8) is 0 Å². The highest BCUT2D eigenvalue weighted by atomic mass is 16.4. The molecular formula is C6H9N5O2. The molecule has 1 aliphatic heterocycles. The summed E-state index contributed by atoms with van der Waals surface area (Å²) in [6.07, 6.45) is 0.419. The number of anilines is 2. The lowest BCUT2D eigenvalue weighted by Crippen LogP contribution is -2.22. The molecule has 0 aromatic carbocycles. The number of carbonyl (C=O) groups is 1. The number of carbonyl (C=O) groups excluding carboxylic acids is 1. The Morgan fingerprint density at radius 3 is 3.00 bits per heavy atom. The summed E-state index contributed by atoms with van der Waals surface area (Å²) >= 11 is 0. The predicted molar refractivity (Wildman–Crippen MR) is 43.7 cm³/mol. The average molecular weight is 183 g/mol. The van der Waals surface area contributed by atoms with E-state index < -0.39 is 0 Å². The summed E-state index contributed by atoms with van der Waals surface area (Å²) in [6, 6.07) is 0.270. The Hall–Kier alpha value is -1.79. The van der Waals surface area contributed by atoms with Gasteiger partial charge in [-0.3, -0.25) is 4.79 Å². The molecule has 2 rings (SSSR count). The highest BCUT2D eigenvalue weighted by Gasteiger charge is 2.22. The Morgan fingerprint density at radius 2 is 2.46 bits per heavy atom. The van der Waals surface area contributed by atoms with Crippen LogP contribution in [0.1, 0.15) is 6.42 Å². The largest absolute Gasteiger partial charge is 0.390 e. The van der Waals surface area contributed by atoms with E-state index in [9.17, 15) is 4.79 Å². The topological polar surface area (TPSA) is 106 Å². The number of hydrogen-bond donors (Lipinski definition) is 3. The number of hydrogen-bond acceptors (Lipinski definition) is 6. The van der Waals surface area contributed by atoms with Crippen LogP contribution in [-0.2, 0) is 4.79 Å². The van der Waals surface area contributed by atoms with E-state index in [1.807, 2.05) is 0 Å². The molecule has 1 amide bonds. The number of amides is 1. The van der Waals surface area contributed by atoms with E-state index in [0.717, 1.165) is 0 Å². The molecule has 4 N–H and O–H groups in total. The van der Waals surface area contributed by atoms with Gasteiger partial charge in [0.05, 0.1) is 6.04 Å². The predicted octanol–water partition coefficient (Wildman–Crippen LogP) is -1.05. The number of aromatic nitrogens is 2. The van der Waals surface area contributed by atoms with E-state index in [4.69, 9.17) is 10.2 Å². The maximum Gasteiger partial charge on any atom is 0.317 e. The van der Waals surface area contributed by atoms with Crippen LogP contribution >= 0.6 is 0 Å². The molecule has 2 heterocycles. The van der Waals surface area contributed by atoms with Crippen molar-refractivity contribution in [1.29, 1.82) is 0 Å². The Kier molecular flexibility index (Phi) is 1.76. The first-order valence-electron chi connectivity index (χ1n) is 3.86. The molecule has 1 aromatic rings. The molecule has 1 saturated heterocycles. The van der Waals surface area contributed by atoms with Crippen LogP contribution in [0, 0.1) is 0 Å². The standard InChI is InChI=1S/C6H9N5O2/c7-5-10-11-6(13-5)9-3-1-4(12)8-2-3/h3H,1-2H2,(H2,7,10)(H,8,12)(H,9,11). The molecule has 1 unspecified atom stereocenters. The first kappa shape index (κ1) is 7.84. The maximum atomic E-state index is 10.8. The molecule has 70 valence electrons. The molecule has 1 fully saturated rings. The fraction of sp³-hybridized carbons (Fsp3) is 0.500. The molecule has 0 spiro atoms. The minimum atomic E-state index is 0.00681. The summed E-state index contributed by atoms with van der Waals surface area (Å²) < 4.78 is 4.89. The van der Waals surface area contributed by atoms with E-state index in [0.29, 0.717) is 13.0 Å². The van der Waals surface area contributed by atoms with Gasteiger partial charge in [0.15, 0.2) is 0 Å². The monoisotopic (exact) mass is 183 g/mol. The second kappa shape index (κ2) is 2.92. The quantitative estimate of drug-likeness (QED) is 0.540.